The third-order valence-corrected chi connectivity index (χ3v) is 3.60. The zero-order chi connectivity index (χ0) is 17.4. The molecule has 0 spiro atoms. The molecule has 1 aromatic heterocycles. The molecular formula is C13H15ClN4O4S. The molecule has 1 heterocycles. The number of hydrogen-bond acceptors (Lipinski definition) is 6. The van der Waals surface area contributed by atoms with Gasteiger partial charge in [-0.25, -0.2) is 19.9 Å². The normalized spacial score (nSPS) is 9.65. The molecule has 0 fully saturated rings. The van der Waals surface area contributed by atoms with Crippen molar-refractivity contribution in [3.8, 4) is 11.3 Å². The van der Waals surface area contributed by atoms with Crippen molar-refractivity contribution in [3.05, 3.63) is 34.2 Å². The average Bonchev–Trinajstić information content (AvgIpc) is 2.80. The van der Waals surface area contributed by atoms with Crippen LogP contribution in [0.3, 0.4) is 0 Å². The number of anilines is 1. The van der Waals surface area contributed by atoms with Gasteiger partial charge in [-0.05, 0) is 12.1 Å². The second-order valence-corrected chi connectivity index (χ2v) is 5.65. The molecule has 124 valence electrons. The first-order valence-electron chi connectivity index (χ1n) is 6.24. The van der Waals surface area contributed by atoms with Crippen LogP contribution in [0.1, 0.15) is 4.88 Å². The maximum Gasteiger partial charge on any atom is 0.412 e. The molecule has 1 aromatic carbocycles. The van der Waals surface area contributed by atoms with Gasteiger partial charge in [0.15, 0.2) is 5.13 Å². The summed E-state index contributed by atoms with van der Waals surface area (Å²) in [6.45, 7) is 0.0994. The second-order valence-electron chi connectivity index (χ2n) is 4.10. The van der Waals surface area contributed by atoms with Gasteiger partial charge < -0.3 is 21.7 Å². The lowest BCUT2D eigenvalue weighted by molar-refractivity contribution is 0.193. The van der Waals surface area contributed by atoms with E-state index in [1.165, 1.54) is 16.7 Å². The number of rotatable bonds is 3. The number of aliphatic hydroxyl groups is 1. The summed E-state index contributed by atoms with van der Waals surface area (Å²) in [5.41, 5.74) is 11.9. The number of urea groups is 1. The molecular weight excluding hydrogens is 344 g/mol. The fraction of sp³-hybridized carbons (Fsp3) is 0.154. The highest BCUT2D eigenvalue weighted by atomic mass is 35.5. The summed E-state index contributed by atoms with van der Waals surface area (Å²) in [5, 5.41) is 19.2. The van der Waals surface area contributed by atoms with Crippen LogP contribution in [0.2, 0.25) is 5.02 Å². The monoisotopic (exact) mass is 358 g/mol. The third kappa shape index (κ3) is 6.51. The van der Waals surface area contributed by atoms with Crippen LogP contribution in [0.4, 0.5) is 14.7 Å². The van der Waals surface area contributed by atoms with E-state index in [1.807, 2.05) is 24.3 Å². The van der Waals surface area contributed by atoms with E-state index in [4.69, 9.17) is 27.5 Å². The van der Waals surface area contributed by atoms with Crippen molar-refractivity contribution in [2.24, 2.45) is 5.73 Å². The summed E-state index contributed by atoms with van der Waals surface area (Å²) in [4.78, 5) is 24.2. The number of hydrogen-bond donors (Lipinski definition) is 5. The standard InChI is InChI=1S/C11H11ClN2OS.C2H4N2O3/c12-8-3-1-7(2-4-8)10-9(5-6-15)16-11(13)14-10;3-1(5)4-2(6)7/h1-4,15H,5-6H2,(H2,13,14);(H,6,7)(H3,3,4,5). The van der Waals surface area contributed by atoms with Gasteiger partial charge in [-0.2, -0.15) is 0 Å². The van der Waals surface area contributed by atoms with Crippen molar-refractivity contribution in [2.45, 2.75) is 6.42 Å². The zero-order valence-electron chi connectivity index (χ0n) is 11.8. The van der Waals surface area contributed by atoms with Crippen LogP contribution in [0.5, 0.6) is 0 Å². The molecule has 0 bridgehead atoms. The summed E-state index contributed by atoms with van der Waals surface area (Å²) in [6.07, 6.45) is -0.861. The van der Waals surface area contributed by atoms with Crippen molar-refractivity contribution in [1.82, 2.24) is 10.3 Å². The minimum atomic E-state index is -1.44. The van der Waals surface area contributed by atoms with E-state index < -0.39 is 12.1 Å². The number of aliphatic hydroxyl groups excluding tert-OH is 1. The van der Waals surface area contributed by atoms with Gasteiger partial charge in [-0.15, -0.1) is 11.3 Å². The topological polar surface area (TPSA) is 152 Å². The molecule has 0 radical (unpaired) electrons. The number of imide groups is 1. The predicted octanol–water partition coefficient (Wildman–Crippen LogP) is 1.91. The smallest absolute Gasteiger partial charge is 0.412 e. The molecule has 0 saturated heterocycles. The van der Waals surface area contributed by atoms with Crippen LogP contribution in [-0.2, 0) is 6.42 Å². The van der Waals surface area contributed by atoms with E-state index in [0.29, 0.717) is 16.6 Å². The van der Waals surface area contributed by atoms with Crippen molar-refractivity contribution >= 4 is 40.2 Å². The number of carbonyl (C=O) groups excluding carboxylic acids is 1. The van der Waals surface area contributed by atoms with E-state index in [1.54, 1.807) is 0 Å². The van der Waals surface area contributed by atoms with Crippen LogP contribution in [-0.4, -0.2) is 33.9 Å². The van der Waals surface area contributed by atoms with Crippen LogP contribution < -0.4 is 16.8 Å². The van der Waals surface area contributed by atoms with Gasteiger partial charge in [-0.1, -0.05) is 23.7 Å². The van der Waals surface area contributed by atoms with Crippen molar-refractivity contribution in [1.29, 1.82) is 0 Å². The number of primary amides is 1. The Bertz CT molecular complexity index is 663. The zero-order valence-corrected chi connectivity index (χ0v) is 13.4. The molecule has 0 aliphatic carbocycles. The highest BCUT2D eigenvalue weighted by Gasteiger charge is 2.10. The number of nitrogens with two attached hydrogens (primary N) is 2. The lowest BCUT2D eigenvalue weighted by atomic mass is 10.1. The largest absolute Gasteiger partial charge is 0.465 e. The number of nitrogens with zero attached hydrogens (tertiary/aromatic N) is 1. The molecule has 7 N–H and O–H groups in total. The number of benzene rings is 1. The SMILES string of the molecule is NC(=O)NC(=O)O.Nc1nc(-c2ccc(Cl)cc2)c(CCO)s1. The summed E-state index contributed by atoms with van der Waals surface area (Å²) >= 11 is 7.23. The summed E-state index contributed by atoms with van der Waals surface area (Å²) < 4.78 is 0. The Morgan fingerprint density at radius 1 is 1.30 bits per heavy atom. The van der Waals surface area contributed by atoms with Crippen LogP contribution >= 0.6 is 22.9 Å². The molecule has 0 unspecified atom stereocenters. The van der Waals surface area contributed by atoms with Gasteiger partial charge in [0.05, 0.1) is 5.69 Å². The molecule has 2 aromatic rings. The molecule has 0 saturated carbocycles. The summed E-state index contributed by atoms with van der Waals surface area (Å²) in [7, 11) is 0. The molecule has 2 rings (SSSR count). The highest BCUT2D eigenvalue weighted by Crippen LogP contribution is 2.30. The predicted molar refractivity (Wildman–Crippen MR) is 88.5 cm³/mol. The minimum absolute atomic E-state index is 0.0994. The van der Waals surface area contributed by atoms with Crippen molar-refractivity contribution in [3.63, 3.8) is 0 Å². The quantitative estimate of drug-likeness (QED) is 0.565. The van der Waals surface area contributed by atoms with Gasteiger partial charge in [0.25, 0.3) is 0 Å². The average molecular weight is 359 g/mol. The number of halogens is 1. The number of thiazole rings is 1. The molecule has 10 heteroatoms. The van der Waals surface area contributed by atoms with E-state index in [0.717, 1.165) is 16.1 Å². The number of carboxylic acid groups (broad SMARTS) is 1. The Balaban J connectivity index is 0.000000322. The van der Waals surface area contributed by atoms with Gasteiger partial charge in [0.2, 0.25) is 0 Å². The molecule has 0 aliphatic rings. The van der Waals surface area contributed by atoms with Gasteiger partial charge in [0.1, 0.15) is 0 Å². The first-order chi connectivity index (χ1) is 10.8. The summed E-state index contributed by atoms with van der Waals surface area (Å²) in [6, 6.07) is 6.37. The van der Waals surface area contributed by atoms with Gasteiger partial charge in [0, 0.05) is 28.5 Å². The maximum atomic E-state index is 9.54. The number of carbonyl (C=O) groups is 2. The number of nitrogens with one attached hydrogen (secondary N) is 1. The Kier molecular flexibility index (Phi) is 7.26. The molecule has 3 amide bonds. The number of nitrogen functional groups attached to an aromatic ring is 1. The van der Waals surface area contributed by atoms with E-state index in [9.17, 15) is 9.59 Å². The first-order valence-corrected chi connectivity index (χ1v) is 7.44. The van der Waals surface area contributed by atoms with Gasteiger partial charge >= 0.3 is 12.1 Å². The fourth-order valence-electron chi connectivity index (χ4n) is 1.58. The fourth-order valence-corrected chi connectivity index (χ4v) is 2.55. The van der Waals surface area contributed by atoms with Gasteiger partial charge in [-0.3, -0.25) is 0 Å². The Labute approximate surface area is 140 Å². The Morgan fingerprint density at radius 2 is 1.91 bits per heavy atom. The van der Waals surface area contributed by atoms with Crippen LogP contribution in [0.15, 0.2) is 24.3 Å². The van der Waals surface area contributed by atoms with Crippen LogP contribution in [0, 0.1) is 0 Å². The van der Waals surface area contributed by atoms with E-state index in [2.05, 4.69) is 10.7 Å². The van der Waals surface area contributed by atoms with Crippen molar-refractivity contribution in [2.75, 3.05) is 12.3 Å². The van der Waals surface area contributed by atoms with Crippen LogP contribution in [0.25, 0.3) is 11.3 Å². The first kappa shape index (κ1) is 18.7. The van der Waals surface area contributed by atoms with E-state index >= 15 is 0 Å². The number of amides is 3. The van der Waals surface area contributed by atoms with Crippen molar-refractivity contribution < 1.29 is 19.8 Å². The molecule has 8 nitrogen and oxygen atoms in total. The Morgan fingerprint density at radius 3 is 2.35 bits per heavy atom. The molecule has 23 heavy (non-hydrogen) atoms. The lowest BCUT2D eigenvalue weighted by Gasteiger charge is -2.00. The minimum Gasteiger partial charge on any atom is -0.465 e. The second kappa shape index (κ2) is 8.93. The maximum absolute atomic E-state index is 9.54. The molecule has 0 atom stereocenters. The highest BCUT2D eigenvalue weighted by molar-refractivity contribution is 7.15. The van der Waals surface area contributed by atoms with E-state index in [-0.39, 0.29) is 6.61 Å². The molecule has 0 aliphatic heterocycles. The summed E-state index contributed by atoms with van der Waals surface area (Å²) in [5.74, 6) is 0. The third-order valence-electron chi connectivity index (χ3n) is 2.40. The number of aromatic nitrogens is 1. The lowest BCUT2D eigenvalue weighted by Crippen LogP contribution is -2.33. The Hall–Kier alpha value is -2.36.